The van der Waals surface area contributed by atoms with Crippen molar-refractivity contribution in [2.75, 3.05) is 6.61 Å². The minimum Gasteiger partial charge on any atom is -0.394 e. The quantitative estimate of drug-likeness (QED) is 0.243. The summed E-state index contributed by atoms with van der Waals surface area (Å²) in [5.74, 6) is -2.57. The van der Waals surface area contributed by atoms with E-state index in [0.717, 1.165) is 19.3 Å². The summed E-state index contributed by atoms with van der Waals surface area (Å²) in [5.41, 5.74) is 0. The van der Waals surface area contributed by atoms with E-state index in [1.54, 1.807) is 0 Å². The number of hydrogen-bond donors (Lipinski definition) is 5. The van der Waals surface area contributed by atoms with Gasteiger partial charge in [-0.2, -0.15) is 0 Å². The van der Waals surface area contributed by atoms with Crippen molar-refractivity contribution >= 4 is 5.78 Å². The fraction of sp³-hybridized carbons (Fsp3) is 0.955. The molecule has 5 atom stereocenters. The standard InChI is InChI=1S/C22H42O7/c1-2-3-4-5-6-7-8-9-10-11-12-13-14-17(24)15-22(28)21(27)20(26)19(25)18(16-23)29-22/h18-21,23,25-28H,2-16H2,1H3/t18-,19-,20+,21-,22-/m1/s1. The van der Waals surface area contributed by atoms with Gasteiger partial charge in [0.25, 0.3) is 0 Å². The molecule has 7 nitrogen and oxygen atoms in total. The summed E-state index contributed by atoms with van der Waals surface area (Å²) in [6.45, 7) is 1.59. The van der Waals surface area contributed by atoms with Crippen LogP contribution in [0.4, 0.5) is 0 Å². The SMILES string of the molecule is CCCCCCCCCCCCCCC(=O)C[C@@]1(O)O[C@H](CO)[C@@H](O)[C@H](O)[C@H]1O. The molecule has 0 aromatic rings. The minimum absolute atomic E-state index is 0.262. The van der Waals surface area contributed by atoms with Crippen molar-refractivity contribution in [3.63, 3.8) is 0 Å². The van der Waals surface area contributed by atoms with E-state index < -0.39 is 43.2 Å². The fourth-order valence-corrected chi connectivity index (χ4v) is 3.90. The van der Waals surface area contributed by atoms with Gasteiger partial charge in [0.1, 0.15) is 30.2 Å². The predicted molar refractivity (Wildman–Crippen MR) is 110 cm³/mol. The summed E-state index contributed by atoms with van der Waals surface area (Å²) in [6.07, 6.45) is 7.82. The average Bonchev–Trinajstić information content (AvgIpc) is 2.70. The van der Waals surface area contributed by atoms with Gasteiger partial charge < -0.3 is 30.3 Å². The summed E-state index contributed by atoms with van der Waals surface area (Å²) >= 11 is 0. The number of ether oxygens (including phenoxy) is 1. The van der Waals surface area contributed by atoms with E-state index in [1.807, 2.05) is 0 Å². The first-order chi connectivity index (χ1) is 13.9. The lowest BCUT2D eigenvalue weighted by Gasteiger charge is -2.45. The second-order valence-corrected chi connectivity index (χ2v) is 8.46. The molecule has 0 saturated carbocycles. The lowest BCUT2D eigenvalue weighted by atomic mass is 9.89. The van der Waals surface area contributed by atoms with Crippen LogP contribution >= 0.6 is 0 Å². The number of hydrogen-bond acceptors (Lipinski definition) is 7. The van der Waals surface area contributed by atoms with Gasteiger partial charge in [-0.25, -0.2) is 0 Å². The van der Waals surface area contributed by atoms with Crippen molar-refractivity contribution in [3.05, 3.63) is 0 Å². The summed E-state index contributed by atoms with van der Waals surface area (Å²) in [5, 5.41) is 49.1. The van der Waals surface area contributed by atoms with Crippen LogP contribution in [0.3, 0.4) is 0 Å². The second-order valence-electron chi connectivity index (χ2n) is 8.46. The fourth-order valence-electron chi connectivity index (χ4n) is 3.90. The lowest BCUT2D eigenvalue weighted by molar-refractivity contribution is -0.347. The van der Waals surface area contributed by atoms with Gasteiger partial charge in [0.15, 0.2) is 0 Å². The number of unbranched alkanes of at least 4 members (excludes halogenated alkanes) is 11. The molecule has 7 heteroatoms. The van der Waals surface area contributed by atoms with E-state index in [4.69, 9.17) is 4.74 Å². The molecule has 172 valence electrons. The molecule has 1 heterocycles. The molecule has 1 saturated heterocycles. The molecule has 0 spiro atoms. The Labute approximate surface area is 175 Å². The van der Waals surface area contributed by atoms with Crippen LogP contribution in [0.5, 0.6) is 0 Å². The van der Waals surface area contributed by atoms with Gasteiger partial charge in [-0.3, -0.25) is 4.79 Å². The van der Waals surface area contributed by atoms with E-state index >= 15 is 0 Å². The highest BCUT2D eigenvalue weighted by molar-refractivity contribution is 5.79. The monoisotopic (exact) mass is 418 g/mol. The summed E-state index contributed by atoms with van der Waals surface area (Å²) < 4.78 is 5.13. The molecule has 1 aliphatic heterocycles. The number of Topliss-reactive ketones (excluding diaryl/α,β-unsaturated/α-hetero) is 1. The third-order valence-electron chi connectivity index (χ3n) is 5.81. The third-order valence-corrected chi connectivity index (χ3v) is 5.81. The molecule has 0 aliphatic carbocycles. The van der Waals surface area contributed by atoms with Gasteiger partial charge >= 0.3 is 0 Å². The summed E-state index contributed by atoms with van der Waals surface area (Å²) in [7, 11) is 0. The lowest BCUT2D eigenvalue weighted by Crippen LogP contribution is -2.65. The van der Waals surface area contributed by atoms with Gasteiger partial charge in [-0.15, -0.1) is 0 Å². The molecule has 0 amide bonds. The zero-order chi connectivity index (χ0) is 21.7. The molecule has 1 fully saturated rings. The molecule has 0 aromatic heterocycles. The molecule has 5 N–H and O–H groups in total. The Morgan fingerprint density at radius 2 is 1.31 bits per heavy atom. The Morgan fingerprint density at radius 1 is 0.828 bits per heavy atom. The van der Waals surface area contributed by atoms with Crippen LogP contribution < -0.4 is 0 Å². The topological polar surface area (TPSA) is 127 Å². The van der Waals surface area contributed by atoms with Gasteiger partial charge in [0.2, 0.25) is 5.79 Å². The second kappa shape index (κ2) is 14.4. The molecule has 0 aromatic carbocycles. The first-order valence-corrected chi connectivity index (χ1v) is 11.4. The highest BCUT2D eigenvalue weighted by Gasteiger charge is 2.53. The van der Waals surface area contributed by atoms with E-state index in [-0.39, 0.29) is 12.2 Å². The molecule has 1 rings (SSSR count). The molecule has 0 radical (unpaired) electrons. The normalized spacial score (nSPS) is 29.9. The first kappa shape index (κ1) is 26.5. The maximum Gasteiger partial charge on any atom is 0.202 e. The number of carbonyl (C=O) groups excluding carboxylic acids is 1. The number of aliphatic hydroxyl groups excluding tert-OH is 4. The highest BCUT2D eigenvalue weighted by atomic mass is 16.7. The molecular formula is C22H42O7. The average molecular weight is 419 g/mol. The van der Waals surface area contributed by atoms with Gasteiger partial charge in [-0.1, -0.05) is 77.6 Å². The van der Waals surface area contributed by atoms with E-state index in [2.05, 4.69) is 6.92 Å². The number of aliphatic hydroxyl groups is 5. The highest BCUT2D eigenvalue weighted by Crippen LogP contribution is 2.31. The van der Waals surface area contributed by atoms with Crippen LogP contribution in [-0.4, -0.2) is 68.1 Å². The molecule has 0 bridgehead atoms. The Morgan fingerprint density at radius 3 is 1.79 bits per heavy atom. The van der Waals surface area contributed by atoms with Gasteiger partial charge in [0, 0.05) is 6.42 Å². The van der Waals surface area contributed by atoms with E-state index in [9.17, 15) is 30.3 Å². The Balaban J connectivity index is 2.13. The van der Waals surface area contributed by atoms with E-state index in [0.29, 0.717) is 6.42 Å². The van der Waals surface area contributed by atoms with Crippen LogP contribution in [0.1, 0.15) is 96.8 Å². The van der Waals surface area contributed by atoms with Crippen LogP contribution in [0.25, 0.3) is 0 Å². The molecular weight excluding hydrogens is 376 g/mol. The van der Waals surface area contributed by atoms with Crippen molar-refractivity contribution in [3.8, 4) is 0 Å². The molecule has 0 unspecified atom stereocenters. The maximum atomic E-state index is 12.2. The zero-order valence-electron chi connectivity index (χ0n) is 18.0. The Kier molecular flexibility index (Phi) is 13.2. The van der Waals surface area contributed by atoms with Crippen molar-refractivity contribution in [2.24, 2.45) is 0 Å². The Hall–Kier alpha value is -0.570. The van der Waals surface area contributed by atoms with Crippen LogP contribution in [0, 0.1) is 0 Å². The van der Waals surface area contributed by atoms with Gasteiger partial charge in [-0.05, 0) is 6.42 Å². The Bertz CT molecular complexity index is 443. The molecule has 29 heavy (non-hydrogen) atoms. The van der Waals surface area contributed by atoms with E-state index in [1.165, 1.54) is 51.4 Å². The van der Waals surface area contributed by atoms with Crippen molar-refractivity contribution in [1.82, 2.24) is 0 Å². The van der Waals surface area contributed by atoms with Crippen molar-refractivity contribution in [1.29, 1.82) is 0 Å². The minimum atomic E-state index is -2.29. The predicted octanol–water partition coefficient (Wildman–Crippen LogP) is 2.20. The number of carbonyl (C=O) groups is 1. The zero-order valence-corrected chi connectivity index (χ0v) is 18.0. The van der Waals surface area contributed by atoms with Crippen molar-refractivity contribution in [2.45, 2.75) is 127 Å². The largest absolute Gasteiger partial charge is 0.394 e. The van der Waals surface area contributed by atoms with Gasteiger partial charge in [0.05, 0.1) is 13.0 Å². The maximum absolute atomic E-state index is 12.2. The first-order valence-electron chi connectivity index (χ1n) is 11.4. The summed E-state index contributed by atoms with van der Waals surface area (Å²) in [4.78, 5) is 12.2. The molecule has 1 aliphatic rings. The van der Waals surface area contributed by atoms with Crippen LogP contribution in [-0.2, 0) is 9.53 Å². The third kappa shape index (κ3) is 9.40. The smallest absolute Gasteiger partial charge is 0.202 e. The summed E-state index contributed by atoms with van der Waals surface area (Å²) in [6, 6.07) is 0. The number of rotatable bonds is 16. The van der Waals surface area contributed by atoms with Crippen LogP contribution in [0.15, 0.2) is 0 Å². The number of ketones is 1. The van der Waals surface area contributed by atoms with Crippen LogP contribution in [0.2, 0.25) is 0 Å². The van der Waals surface area contributed by atoms with Crippen molar-refractivity contribution < 1.29 is 35.1 Å².